The SMILES string of the molecule is C=C(CCCCCC)P(O)O. The zero-order valence-electron chi connectivity index (χ0n) is 7.08. The first kappa shape index (κ1) is 11.1. The molecule has 66 valence electrons. The predicted octanol–water partition coefficient (Wildman–Crippen LogP) is 2.77. The molecule has 0 aromatic rings. The lowest BCUT2D eigenvalue weighted by Gasteiger charge is -2.04. The molecule has 0 rings (SSSR count). The molecule has 0 spiro atoms. The van der Waals surface area contributed by atoms with Crippen LogP contribution in [0.1, 0.15) is 39.0 Å². The van der Waals surface area contributed by atoms with Crippen LogP contribution in [0.15, 0.2) is 11.9 Å². The highest BCUT2D eigenvalue weighted by Gasteiger charge is 2.03. The minimum atomic E-state index is -1.88. The summed E-state index contributed by atoms with van der Waals surface area (Å²) in [4.78, 5) is 17.4. The Morgan fingerprint density at radius 2 is 1.91 bits per heavy atom. The molecule has 0 unspecified atom stereocenters. The van der Waals surface area contributed by atoms with E-state index in [1.165, 1.54) is 19.3 Å². The van der Waals surface area contributed by atoms with Crippen LogP contribution >= 0.6 is 8.38 Å². The molecule has 0 aromatic carbocycles. The number of hydrogen-bond donors (Lipinski definition) is 2. The minimum absolute atomic E-state index is 0.594. The summed E-state index contributed by atoms with van der Waals surface area (Å²) in [5.41, 5.74) is 0. The van der Waals surface area contributed by atoms with Crippen molar-refractivity contribution in [1.82, 2.24) is 0 Å². The lowest BCUT2D eigenvalue weighted by Crippen LogP contribution is -1.81. The highest BCUT2D eigenvalue weighted by molar-refractivity contribution is 7.49. The van der Waals surface area contributed by atoms with Crippen LogP contribution in [0.5, 0.6) is 0 Å². The second kappa shape index (κ2) is 6.78. The van der Waals surface area contributed by atoms with E-state index >= 15 is 0 Å². The summed E-state index contributed by atoms with van der Waals surface area (Å²) in [7, 11) is -1.88. The number of hydrogen-bond acceptors (Lipinski definition) is 2. The lowest BCUT2D eigenvalue weighted by atomic mass is 10.1. The Bertz CT molecular complexity index is 113. The highest BCUT2D eigenvalue weighted by Crippen LogP contribution is 2.36. The maximum absolute atomic E-state index is 8.70. The van der Waals surface area contributed by atoms with Crippen LogP contribution in [0, 0.1) is 0 Å². The van der Waals surface area contributed by atoms with Crippen molar-refractivity contribution in [2.45, 2.75) is 39.0 Å². The van der Waals surface area contributed by atoms with Crippen LogP contribution in [0.4, 0.5) is 0 Å². The molecule has 0 aliphatic rings. The Labute approximate surface area is 69.9 Å². The van der Waals surface area contributed by atoms with Gasteiger partial charge in [0.15, 0.2) is 8.38 Å². The number of rotatable bonds is 6. The quantitative estimate of drug-likeness (QED) is 0.482. The van der Waals surface area contributed by atoms with Crippen molar-refractivity contribution in [3.8, 4) is 0 Å². The van der Waals surface area contributed by atoms with Gasteiger partial charge in [0.05, 0.1) is 0 Å². The van der Waals surface area contributed by atoms with Crippen molar-refractivity contribution in [3.63, 3.8) is 0 Å². The van der Waals surface area contributed by atoms with E-state index in [-0.39, 0.29) is 0 Å². The molecule has 0 aliphatic carbocycles. The van der Waals surface area contributed by atoms with Gasteiger partial charge < -0.3 is 9.79 Å². The maximum Gasteiger partial charge on any atom is 0.194 e. The van der Waals surface area contributed by atoms with Gasteiger partial charge in [-0.15, -0.1) is 0 Å². The second-order valence-corrected chi connectivity index (χ2v) is 3.88. The van der Waals surface area contributed by atoms with Gasteiger partial charge in [-0.1, -0.05) is 32.8 Å². The third-order valence-electron chi connectivity index (χ3n) is 1.60. The number of unbranched alkanes of at least 4 members (excludes halogenated alkanes) is 3. The fraction of sp³-hybridized carbons (Fsp3) is 0.750. The molecule has 0 atom stereocenters. The summed E-state index contributed by atoms with van der Waals surface area (Å²) >= 11 is 0. The molecule has 0 fully saturated rings. The molecule has 0 radical (unpaired) electrons. The van der Waals surface area contributed by atoms with Crippen LogP contribution < -0.4 is 0 Å². The summed E-state index contributed by atoms with van der Waals surface area (Å²) in [5, 5.41) is 0.594. The fourth-order valence-electron chi connectivity index (χ4n) is 0.856. The standard InChI is InChI=1S/C8H17O2P/c1-3-4-5-6-7-8(2)11(9)10/h9-10H,2-7H2,1H3. The van der Waals surface area contributed by atoms with Crippen LogP contribution in [-0.2, 0) is 0 Å². The van der Waals surface area contributed by atoms with E-state index in [1.54, 1.807) is 0 Å². The second-order valence-electron chi connectivity index (χ2n) is 2.67. The highest BCUT2D eigenvalue weighted by atomic mass is 31.2. The zero-order chi connectivity index (χ0) is 8.69. The molecule has 11 heavy (non-hydrogen) atoms. The topological polar surface area (TPSA) is 40.5 Å². The normalized spacial score (nSPS) is 10.5. The van der Waals surface area contributed by atoms with Gasteiger partial charge in [0.1, 0.15) is 0 Å². The van der Waals surface area contributed by atoms with Crippen LogP contribution in [0.3, 0.4) is 0 Å². The Morgan fingerprint density at radius 3 is 2.36 bits per heavy atom. The van der Waals surface area contributed by atoms with Gasteiger partial charge in [-0.25, -0.2) is 0 Å². The third-order valence-corrected chi connectivity index (χ3v) is 2.39. The maximum atomic E-state index is 8.70. The van der Waals surface area contributed by atoms with E-state index < -0.39 is 8.38 Å². The van der Waals surface area contributed by atoms with Gasteiger partial charge in [-0.2, -0.15) is 0 Å². The molecule has 0 heterocycles. The van der Waals surface area contributed by atoms with Crippen molar-refractivity contribution in [1.29, 1.82) is 0 Å². The van der Waals surface area contributed by atoms with Gasteiger partial charge in [0.2, 0.25) is 0 Å². The third kappa shape index (κ3) is 6.49. The van der Waals surface area contributed by atoms with Crippen molar-refractivity contribution in [2.75, 3.05) is 0 Å². The van der Waals surface area contributed by atoms with E-state index in [0.717, 1.165) is 12.8 Å². The Morgan fingerprint density at radius 1 is 1.27 bits per heavy atom. The van der Waals surface area contributed by atoms with Gasteiger partial charge in [-0.3, -0.25) is 0 Å². The Hall–Kier alpha value is 0.0900. The lowest BCUT2D eigenvalue weighted by molar-refractivity contribution is 0.488. The Kier molecular flexibility index (Phi) is 6.83. The van der Waals surface area contributed by atoms with E-state index in [1.807, 2.05) is 0 Å². The Balaban J connectivity index is 3.18. The fourth-order valence-corrected chi connectivity index (χ4v) is 1.21. The zero-order valence-corrected chi connectivity index (χ0v) is 7.98. The summed E-state index contributed by atoms with van der Waals surface area (Å²) < 4.78 is 0. The van der Waals surface area contributed by atoms with Crippen molar-refractivity contribution in [3.05, 3.63) is 11.9 Å². The largest absolute Gasteiger partial charge is 0.347 e. The van der Waals surface area contributed by atoms with E-state index in [2.05, 4.69) is 13.5 Å². The van der Waals surface area contributed by atoms with Gasteiger partial charge in [-0.05, 0) is 18.2 Å². The molecule has 0 bridgehead atoms. The molecule has 0 saturated carbocycles. The predicted molar refractivity (Wildman–Crippen MR) is 49.3 cm³/mol. The molecular weight excluding hydrogens is 159 g/mol. The minimum Gasteiger partial charge on any atom is -0.347 e. The van der Waals surface area contributed by atoms with Gasteiger partial charge >= 0.3 is 0 Å². The molecular formula is C8H17O2P. The van der Waals surface area contributed by atoms with E-state index in [9.17, 15) is 0 Å². The summed E-state index contributed by atoms with van der Waals surface area (Å²) in [5.74, 6) is 0. The first-order chi connectivity index (χ1) is 5.18. The molecule has 0 amide bonds. The summed E-state index contributed by atoms with van der Waals surface area (Å²) in [6.07, 6.45) is 5.39. The van der Waals surface area contributed by atoms with E-state index in [0.29, 0.717) is 5.31 Å². The molecule has 0 saturated heterocycles. The monoisotopic (exact) mass is 176 g/mol. The van der Waals surface area contributed by atoms with Gasteiger partial charge in [0, 0.05) is 0 Å². The average molecular weight is 176 g/mol. The first-order valence-electron chi connectivity index (χ1n) is 4.04. The average Bonchev–Trinajstić information content (AvgIpc) is 1.97. The van der Waals surface area contributed by atoms with Crippen molar-refractivity contribution < 1.29 is 9.79 Å². The molecule has 0 aromatic heterocycles. The molecule has 2 nitrogen and oxygen atoms in total. The number of allylic oxidation sites excluding steroid dienone is 1. The van der Waals surface area contributed by atoms with Crippen molar-refractivity contribution in [2.24, 2.45) is 0 Å². The van der Waals surface area contributed by atoms with Crippen LogP contribution in [0.25, 0.3) is 0 Å². The summed E-state index contributed by atoms with van der Waals surface area (Å²) in [6.45, 7) is 5.73. The van der Waals surface area contributed by atoms with Crippen LogP contribution in [0.2, 0.25) is 0 Å². The van der Waals surface area contributed by atoms with Crippen LogP contribution in [-0.4, -0.2) is 9.79 Å². The molecule has 2 N–H and O–H groups in total. The summed E-state index contributed by atoms with van der Waals surface area (Å²) in [6, 6.07) is 0. The smallest absolute Gasteiger partial charge is 0.194 e. The first-order valence-corrected chi connectivity index (χ1v) is 5.29. The van der Waals surface area contributed by atoms with Gasteiger partial charge in [0.25, 0.3) is 0 Å². The van der Waals surface area contributed by atoms with E-state index in [4.69, 9.17) is 9.79 Å². The van der Waals surface area contributed by atoms with Crippen molar-refractivity contribution >= 4 is 8.38 Å². The molecule has 3 heteroatoms. The molecule has 0 aliphatic heterocycles.